The number of hydrogen-bond acceptors (Lipinski definition) is 4. The van der Waals surface area contributed by atoms with Gasteiger partial charge in [-0.3, -0.25) is 4.79 Å². The van der Waals surface area contributed by atoms with Crippen LogP contribution in [-0.2, 0) is 11.3 Å². The third-order valence-electron chi connectivity index (χ3n) is 5.85. The van der Waals surface area contributed by atoms with Gasteiger partial charge in [0.15, 0.2) is 11.9 Å². The maximum absolute atomic E-state index is 13.5. The van der Waals surface area contributed by atoms with E-state index >= 15 is 0 Å². The second-order valence-electron chi connectivity index (χ2n) is 8.47. The van der Waals surface area contributed by atoms with E-state index in [4.69, 9.17) is 33.0 Å². The third kappa shape index (κ3) is 5.89. The van der Waals surface area contributed by atoms with Crippen LogP contribution in [0.5, 0.6) is 11.5 Å². The van der Waals surface area contributed by atoms with Gasteiger partial charge in [0.05, 0.1) is 16.1 Å². The van der Waals surface area contributed by atoms with Crippen LogP contribution in [0.15, 0.2) is 60.7 Å². The Bertz CT molecular complexity index is 1530. The quantitative estimate of drug-likeness (QED) is 0.227. The van der Waals surface area contributed by atoms with Crippen molar-refractivity contribution in [2.75, 3.05) is 0 Å². The Balaban J connectivity index is 1.83. The van der Waals surface area contributed by atoms with Gasteiger partial charge in [0.2, 0.25) is 0 Å². The number of carboxylic acid groups (broad SMARTS) is 1. The molecule has 38 heavy (non-hydrogen) atoms. The molecule has 0 fully saturated rings. The third-order valence-corrected chi connectivity index (χ3v) is 6.42. The van der Waals surface area contributed by atoms with Gasteiger partial charge in [-0.05, 0) is 67.9 Å². The van der Waals surface area contributed by atoms with Gasteiger partial charge in [-0.1, -0.05) is 29.3 Å². The van der Waals surface area contributed by atoms with Crippen LogP contribution in [0.4, 0.5) is 13.2 Å². The van der Waals surface area contributed by atoms with E-state index in [0.717, 1.165) is 6.07 Å². The van der Waals surface area contributed by atoms with Crippen LogP contribution >= 0.6 is 23.2 Å². The molecule has 4 rings (SSSR count). The molecule has 0 aliphatic heterocycles. The molecule has 0 unspecified atom stereocenters. The smallest absolute Gasteiger partial charge is 0.479 e. The lowest BCUT2D eigenvalue weighted by atomic mass is 10.0. The maximum Gasteiger partial charge on any atom is 0.573 e. The van der Waals surface area contributed by atoms with Crippen LogP contribution in [0.25, 0.3) is 10.9 Å². The number of ketones is 1. The number of aromatic nitrogens is 1. The summed E-state index contributed by atoms with van der Waals surface area (Å²) in [4.78, 5) is 24.7. The van der Waals surface area contributed by atoms with E-state index in [9.17, 15) is 22.8 Å². The van der Waals surface area contributed by atoms with E-state index in [1.807, 2.05) is 0 Å². The van der Waals surface area contributed by atoms with Crippen LogP contribution in [0, 0.1) is 6.92 Å². The van der Waals surface area contributed by atoms with Crippen molar-refractivity contribution in [3.8, 4) is 11.5 Å². The molecule has 0 aliphatic carbocycles. The maximum atomic E-state index is 13.5. The number of rotatable bonds is 8. The molecule has 1 N–H and O–H groups in total. The molecule has 6 nitrogen and oxygen atoms in total. The SMILES string of the molecule is Cc1c(C(=O)c2ccc(Cl)cc2)c2ccc(OC(F)(F)F)cc2n1Cc1ccc(Cl)c(O[C@H](C)C(=O)O)c1. The van der Waals surface area contributed by atoms with Crippen molar-refractivity contribution in [1.82, 2.24) is 4.57 Å². The summed E-state index contributed by atoms with van der Waals surface area (Å²) in [5, 5.41) is 10.2. The van der Waals surface area contributed by atoms with Crippen molar-refractivity contribution in [2.45, 2.75) is 32.9 Å². The zero-order valence-corrected chi connectivity index (χ0v) is 21.5. The van der Waals surface area contributed by atoms with Gasteiger partial charge in [-0.15, -0.1) is 13.2 Å². The Morgan fingerprint density at radius 1 is 1.03 bits per heavy atom. The monoisotopic (exact) mass is 565 g/mol. The van der Waals surface area contributed by atoms with E-state index in [-0.39, 0.29) is 23.1 Å². The Morgan fingerprint density at radius 2 is 1.71 bits per heavy atom. The minimum Gasteiger partial charge on any atom is -0.479 e. The van der Waals surface area contributed by atoms with Gasteiger partial charge in [-0.25, -0.2) is 4.79 Å². The molecule has 0 radical (unpaired) electrons. The van der Waals surface area contributed by atoms with E-state index in [1.54, 1.807) is 47.9 Å². The van der Waals surface area contributed by atoms with Gasteiger partial charge in [0, 0.05) is 34.3 Å². The average molecular weight is 566 g/mol. The van der Waals surface area contributed by atoms with E-state index in [2.05, 4.69) is 4.74 Å². The normalized spacial score (nSPS) is 12.4. The first kappa shape index (κ1) is 27.3. The molecule has 0 spiro atoms. The molecule has 0 aliphatic rings. The first-order valence-corrected chi connectivity index (χ1v) is 12.0. The summed E-state index contributed by atoms with van der Waals surface area (Å²) in [6.07, 6.45) is -6.06. The molecule has 3 aromatic carbocycles. The molecule has 0 amide bonds. The Hall–Kier alpha value is -3.69. The molecule has 11 heteroatoms. The predicted molar refractivity (Wildman–Crippen MR) is 137 cm³/mol. The molecule has 0 saturated heterocycles. The van der Waals surface area contributed by atoms with Crippen LogP contribution in [0.1, 0.15) is 34.1 Å². The van der Waals surface area contributed by atoms with Gasteiger partial charge in [0.1, 0.15) is 11.5 Å². The average Bonchev–Trinajstić information content (AvgIpc) is 3.10. The van der Waals surface area contributed by atoms with E-state index in [0.29, 0.717) is 38.3 Å². The van der Waals surface area contributed by atoms with Crippen molar-refractivity contribution in [2.24, 2.45) is 0 Å². The second-order valence-corrected chi connectivity index (χ2v) is 9.32. The van der Waals surface area contributed by atoms with Gasteiger partial charge >= 0.3 is 12.3 Å². The van der Waals surface area contributed by atoms with Crippen molar-refractivity contribution >= 4 is 45.9 Å². The number of carboxylic acids is 1. The predicted octanol–water partition coefficient (Wildman–Crippen LogP) is 7.29. The van der Waals surface area contributed by atoms with Crippen molar-refractivity contribution < 1.29 is 37.3 Å². The summed E-state index contributed by atoms with van der Waals surface area (Å²) in [6, 6.07) is 14.8. The Kier molecular flexibility index (Phi) is 7.62. The van der Waals surface area contributed by atoms with Gasteiger partial charge < -0.3 is 19.1 Å². The molecule has 1 aromatic heterocycles. The second kappa shape index (κ2) is 10.6. The number of benzene rings is 3. The topological polar surface area (TPSA) is 77.8 Å². The molecular weight excluding hydrogens is 546 g/mol. The fourth-order valence-electron chi connectivity index (χ4n) is 4.05. The standard InChI is InChI=1S/C27H20Cl2F3NO5/c1-14-24(25(34)17-4-6-18(28)7-5-17)20-9-8-19(38-27(30,31)32)12-22(20)33(14)13-16-3-10-21(29)23(11-16)37-15(2)26(35)36/h3-12,15H,13H2,1-2H3,(H,35,36)/t15-/m1/s1. The van der Waals surface area contributed by atoms with Crippen molar-refractivity contribution in [1.29, 1.82) is 0 Å². The molecule has 0 bridgehead atoms. The summed E-state index contributed by atoms with van der Waals surface area (Å²) in [7, 11) is 0. The molecule has 0 saturated carbocycles. The van der Waals surface area contributed by atoms with E-state index in [1.165, 1.54) is 25.1 Å². The summed E-state index contributed by atoms with van der Waals surface area (Å²) in [5.41, 5.74) is 2.11. The minimum absolute atomic E-state index is 0.112. The van der Waals surface area contributed by atoms with Crippen molar-refractivity contribution in [3.05, 3.63) is 93.1 Å². The minimum atomic E-state index is -4.90. The van der Waals surface area contributed by atoms with Crippen LogP contribution < -0.4 is 9.47 Å². The van der Waals surface area contributed by atoms with Crippen LogP contribution in [-0.4, -0.2) is 33.9 Å². The lowest BCUT2D eigenvalue weighted by Gasteiger charge is -2.15. The number of nitrogens with zero attached hydrogens (tertiary/aromatic N) is 1. The zero-order chi connectivity index (χ0) is 27.8. The molecule has 1 atom stereocenters. The largest absolute Gasteiger partial charge is 0.573 e. The number of halogens is 5. The zero-order valence-electron chi connectivity index (χ0n) is 20.0. The van der Waals surface area contributed by atoms with Gasteiger partial charge in [-0.2, -0.15) is 0 Å². The number of ether oxygens (including phenoxy) is 2. The van der Waals surface area contributed by atoms with Crippen LogP contribution in [0.2, 0.25) is 10.0 Å². The molecule has 198 valence electrons. The molecular formula is C27H20Cl2F3NO5. The fraction of sp³-hybridized carbons (Fsp3) is 0.185. The number of alkyl halides is 3. The highest BCUT2D eigenvalue weighted by molar-refractivity contribution is 6.32. The molecule has 4 aromatic rings. The number of carbonyl (C=O) groups excluding carboxylic acids is 1. The molecule has 1 heterocycles. The number of carbonyl (C=O) groups is 2. The van der Waals surface area contributed by atoms with Crippen LogP contribution in [0.3, 0.4) is 0 Å². The lowest BCUT2D eigenvalue weighted by molar-refractivity contribution is -0.274. The number of fused-ring (bicyclic) bond motifs is 1. The fourth-order valence-corrected chi connectivity index (χ4v) is 4.34. The number of aliphatic carboxylic acids is 1. The highest BCUT2D eigenvalue weighted by Crippen LogP contribution is 2.34. The first-order chi connectivity index (χ1) is 17.8. The van der Waals surface area contributed by atoms with Gasteiger partial charge in [0.25, 0.3) is 0 Å². The highest BCUT2D eigenvalue weighted by Gasteiger charge is 2.32. The lowest BCUT2D eigenvalue weighted by Crippen LogP contribution is -2.23. The summed E-state index contributed by atoms with van der Waals surface area (Å²) < 4.78 is 50.0. The summed E-state index contributed by atoms with van der Waals surface area (Å²) in [6.45, 7) is 3.15. The summed E-state index contributed by atoms with van der Waals surface area (Å²) in [5.74, 6) is -1.82. The Labute approximate surface area is 225 Å². The summed E-state index contributed by atoms with van der Waals surface area (Å²) >= 11 is 12.1. The number of hydrogen-bond donors (Lipinski definition) is 1. The highest BCUT2D eigenvalue weighted by atomic mass is 35.5. The van der Waals surface area contributed by atoms with Crippen molar-refractivity contribution in [3.63, 3.8) is 0 Å². The first-order valence-electron chi connectivity index (χ1n) is 11.2. The van der Waals surface area contributed by atoms with E-state index < -0.39 is 24.2 Å². The Morgan fingerprint density at radius 3 is 2.34 bits per heavy atom.